The zero-order valence-corrected chi connectivity index (χ0v) is 13.1. The summed E-state index contributed by atoms with van der Waals surface area (Å²) in [4.78, 5) is 16.4. The van der Waals surface area contributed by atoms with Crippen molar-refractivity contribution in [1.29, 1.82) is 0 Å². The second-order valence-corrected chi connectivity index (χ2v) is 6.63. The molecule has 2 aliphatic rings. The molecule has 116 valence electrons. The number of likely N-dealkylation sites (N-methyl/N-ethyl adjacent to an activating group) is 1. The molecule has 2 heterocycles. The molecule has 2 aliphatic heterocycles. The van der Waals surface area contributed by atoms with Crippen LogP contribution in [-0.2, 0) is 4.79 Å². The molecule has 2 saturated heterocycles. The van der Waals surface area contributed by atoms with Gasteiger partial charge in [-0.05, 0) is 46.7 Å². The normalized spacial score (nSPS) is 31.6. The fourth-order valence-electron chi connectivity index (χ4n) is 3.43. The van der Waals surface area contributed by atoms with Crippen molar-refractivity contribution in [2.24, 2.45) is 0 Å². The predicted octanol–water partition coefficient (Wildman–Crippen LogP) is 0.998. The first-order valence-electron chi connectivity index (χ1n) is 7.86. The second-order valence-electron chi connectivity index (χ2n) is 6.63. The van der Waals surface area contributed by atoms with Crippen LogP contribution in [0.15, 0.2) is 0 Å². The lowest BCUT2D eigenvalue weighted by molar-refractivity contribution is -0.144. The van der Waals surface area contributed by atoms with Gasteiger partial charge in [0.25, 0.3) is 0 Å². The van der Waals surface area contributed by atoms with Crippen LogP contribution in [0.1, 0.15) is 39.5 Å². The Kier molecular flexibility index (Phi) is 5.04. The molecule has 0 radical (unpaired) electrons. The van der Waals surface area contributed by atoms with Gasteiger partial charge in [0.1, 0.15) is 5.54 Å². The highest BCUT2D eigenvalue weighted by Gasteiger charge is 2.36. The summed E-state index contributed by atoms with van der Waals surface area (Å²) in [5.74, 6) is -0.760. The zero-order valence-electron chi connectivity index (χ0n) is 13.1. The van der Waals surface area contributed by atoms with Gasteiger partial charge in [0, 0.05) is 31.7 Å². The first kappa shape index (κ1) is 15.7. The Balaban J connectivity index is 1.90. The highest BCUT2D eigenvalue weighted by Crippen LogP contribution is 2.24. The molecule has 0 bridgehead atoms. The molecule has 0 spiro atoms. The number of carbonyl (C=O) groups is 1. The molecule has 0 aromatic rings. The number of nitrogens with one attached hydrogen (secondary N) is 1. The van der Waals surface area contributed by atoms with Gasteiger partial charge in [-0.3, -0.25) is 14.6 Å². The highest BCUT2D eigenvalue weighted by atomic mass is 16.4. The molecule has 5 nitrogen and oxygen atoms in total. The summed E-state index contributed by atoms with van der Waals surface area (Å²) in [6, 6.07) is 1.21. The van der Waals surface area contributed by atoms with E-state index in [0.717, 1.165) is 19.6 Å². The first-order valence-corrected chi connectivity index (χ1v) is 7.86. The summed E-state index contributed by atoms with van der Waals surface area (Å²) in [5.41, 5.74) is -0.816. The predicted molar refractivity (Wildman–Crippen MR) is 80.0 cm³/mol. The van der Waals surface area contributed by atoms with Crippen molar-refractivity contribution in [2.75, 3.05) is 33.2 Å². The number of hydrogen-bond donors (Lipinski definition) is 2. The molecule has 0 amide bonds. The third-order valence-electron chi connectivity index (χ3n) is 5.24. The Morgan fingerprint density at radius 3 is 2.80 bits per heavy atom. The maximum absolute atomic E-state index is 11.3. The number of aliphatic carboxylic acids is 1. The smallest absolute Gasteiger partial charge is 0.323 e. The molecule has 2 N–H and O–H groups in total. The fraction of sp³-hybridized carbons (Fsp3) is 0.933. The van der Waals surface area contributed by atoms with Crippen molar-refractivity contribution < 1.29 is 9.90 Å². The number of piperazine rings is 1. The van der Waals surface area contributed by atoms with E-state index in [0.29, 0.717) is 18.5 Å². The lowest BCUT2D eigenvalue weighted by Gasteiger charge is -2.48. The van der Waals surface area contributed by atoms with Gasteiger partial charge in [0.2, 0.25) is 0 Å². The standard InChI is InChI=1S/C15H29N3O2/c1-12-10-18-8-5-4-6-13(18)11-17(12)9-7-15(2,16-3)14(19)20/h12-13,16H,4-11H2,1-3H3,(H,19,20). The summed E-state index contributed by atoms with van der Waals surface area (Å²) in [7, 11) is 1.73. The Morgan fingerprint density at radius 2 is 2.15 bits per heavy atom. The molecule has 2 fully saturated rings. The van der Waals surface area contributed by atoms with Crippen LogP contribution < -0.4 is 5.32 Å². The molecule has 0 aliphatic carbocycles. The molecule has 2 rings (SSSR count). The van der Waals surface area contributed by atoms with E-state index in [-0.39, 0.29) is 0 Å². The van der Waals surface area contributed by atoms with Crippen molar-refractivity contribution in [3.63, 3.8) is 0 Å². The van der Waals surface area contributed by atoms with Crippen molar-refractivity contribution in [1.82, 2.24) is 15.1 Å². The zero-order chi connectivity index (χ0) is 14.8. The van der Waals surface area contributed by atoms with Crippen LogP contribution in [-0.4, -0.2) is 71.7 Å². The van der Waals surface area contributed by atoms with E-state index in [2.05, 4.69) is 22.0 Å². The van der Waals surface area contributed by atoms with Gasteiger partial charge >= 0.3 is 5.97 Å². The van der Waals surface area contributed by atoms with Gasteiger partial charge in [-0.25, -0.2) is 0 Å². The number of rotatable bonds is 5. The number of carboxylic acids is 1. The fourth-order valence-corrected chi connectivity index (χ4v) is 3.43. The van der Waals surface area contributed by atoms with Gasteiger partial charge in [-0.2, -0.15) is 0 Å². The maximum Gasteiger partial charge on any atom is 0.323 e. The SMILES string of the molecule is CNC(C)(CCN1CC2CCCCN2CC1C)C(=O)O. The lowest BCUT2D eigenvalue weighted by atomic mass is 9.94. The van der Waals surface area contributed by atoms with E-state index in [1.54, 1.807) is 14.0 Å². The minimum absolute atomic E-state index is 0.527. The van der Waals surface area contributed by atoms with Crippen LogP contribution in [0, 0.1) is 0 Å². The van der Waals surface area contributed by atoms with Crippen LogP contribution in [0.25, 0.3) is 0 Å². The maximum atomic E-state index is 11.3. The third kappa shape index (κ3) is 3.32. The number of fused-ring (bicyclic) bond motifs is 1. The first-order chi connectivity index (χ1) is 9.46. The van der Waals surface area contributed by atoms with Crippen LogP contribution in [0.5, 0.6) is 0 Å². The average Bonchev–Trinajstić information content (AvgIpc) is 2.44. The number of piperidine rings is 1. The monoisotopic (exact) mass is 283 g/mol. The van der Waals surface area contributed by atoms with Gasteiger partial charge in [0.15, 0.2) is 0 Å². The number of carboxylic acid groups (broad SMARTS) is 1. The van der Waals surface area contributed by atoms with Gasteiger partial charge < -0.3 is 10.4 Å². The van der Waals surface area contributed by atoms with Crippen molar-refractivity contribution >= 4 is 5.97 Å². The molecular weight excluding hydrogens is 254 g/mol. The van der Waals surface area contributed by atoms with Gasteiger partial charge in [0.05, 0.1) is 0 Å². The molecular formula is C15H29N3O2. The topological polar surface area (TPSA) is 55.8 Å². The van der Waals surface area contributed by atoms with Crippen molar-refractivity contribution in [3.8, 4) is 0 Å². The Labute approximate surface area is 122 Å². The van der Waals surface area contributed by atoms with Crippen molar-refractivity contribution in [2.45, 2.75) is 57.2 Å². The van der Waals surface area contributed by atoms with Crippen LogP contribution in [0.3, 0.4) is 0 Å². The molecule has 3 unspecified atom stereocenters. The van der Waals surface area contributed by atoms with Crippen LogP contribution in [0.4, 0.5) is 0 Å². The molecule has 5 heteroatoms. The number of nitrogens with zero attached hydrogens (tertiary/aromatic N) is 2. The Hall–Kier alpha value is -0.650. The molecule has 0 aromatic heterocycles. The molecule has 0 aromatic carbocycles. The minimum atomic E-state index is -0.816. The summed E-state index contributed by atoms with van der Waals surface area (Å²) in [5, 5.41) is 12.3. The van der Waals surface area contributed by atoms with E-state index in [9.17, 15) is 9.90 Å². The quantitative estimate of drug-likeness (QED) is 0.788. The van der Waals surface area contributed by atoms with Crippen molar-refractivity contribution in [3.05, 3.63) is 0 Å². The largest absolute Gasteiger partial charge is 0.480 e. The summed E-state index contributed by atoms with van der Waals surface area (Å²) in [6.45, 7) is 8.37. The van der Waals surface area contributed by atoms with Crippen LogP contribution in [0.2, 0.25) is 0 Å². The number of hydrogen-bond acceptors (Lipinski definition) is 4. The third-order valence-corrected chi connectivity index (χ3v) is 5.24. The van der Waals surface area contributed by atoms with E-state index < -0.39 is 11.5 Å². The van der Waals surface area contributed by atoms with E-state index in [1.807, 2.05) is 0 Å². The van der Waals surface area contributed by atoms with E-state index in [4.69, 9.17) is 0 Å². The molecule has 20 heavy (non-hydrogen) atoms. The van der Waals surface area contributed by atoms with Crippen LogP contribution >= 0.6 is 0 Å². The molecule has 3 atom stereocenters. The van der Waals surface area contributed by atoms with E-state index in [1.165, 1.54) is 25.8 Å². The average molecular weight is 283 g/mol. The minimum Gasteiger partial charge on any atom is -0.480 e. The summed E-state index contributed by atoms with van der Waals surface area (Å²) < 4.78 is 0. The highest BCUT2D eigenvalue weighted by molar-refractivity contribution is 5.78. The Morgan fingerprint density at radius 1 is 1.40 bits per heavy atom. The summed E-state index contributed by atoms with van der Waals surface area (Å²) in [6.07, 6.45) is 4.62. The van der Waals surface area contributed by atoms with Gasteiger partial charge in [-0.1, -0.05) is 6.42 Å². The molecule has 0 saturated carbocycles. The Bertz CT molecular complexity index is 350. The summed E-state index contributed by atoms with van der Waals surface area (Å²) >= 11 is 0. The van der Waals surface area contributed by atoms with Gasteiger partial charge in [-0.15, -0.1) is 0 Å². The lowest BCUT2D eigenvalue weighted by Crippen LogP contribution is -2.60. The van der Waals surface area contributed by atoms with E-state index >= 15 is 0 Å². The second kappa shape index (κ2) is 6.41.